The number of hydrogen-bond acceptors (Lipinski definition) is 21. The molecule has 0 aliphatic heterocycles. The zero-order valence-electron chi connectivity index (χ0n) is 62.4. The van der Waals surface area contributed by atoms with E-state index in [4.69, 9.17) is 16.2 Å². The van der Waals surface area contributed by atoms with Crippen molar-refractivity contribution in [3.8, 4) is 16.9 Å². The first-order valence-corrected chi connectivity index (χ1v) is 36.6. The van der Waals surface area contributed by atoms with Crippen LogP contribution >= 0.6 is 0 Å². The van der Waals surface area contributed by atoms with Crippen molar-refractivity contribution in [3.05, 3.63) is 148 Å². The number of H-pyrrole nitrogens is 2. The Morgan fingerprint density at radius 2 is 1.32 bits per heavy atom. The number of carbonyl (C=O) groups is 12. The molecule has 2 heterocycles. The second-order valence-electron chi connectivity index (χ2n) is 28.0. The number of carboxylic acids is 1. The SMILES string of the molecule is CCc1cc(OCCCCN)ccc1-c1ccc(C[C@H](CC(=O)[C@H](CC(=O)O)NC(=O)[C@H](CO)CC(=O)[C@@H](NC(=O)[C@@](C)(CC(=O)[C@@H](NC(=O)CCC(=O)[C@H](Cc2nn[nH]n2)NC(=O)CCC(=O)CCc2cnc[nH]2)[C@@H](C)O)Cc2ccccc2F)[C@@H](C)O)C(=O)N[C@@H](CCCc2cc(C)cc(C)c2)C(N)=O)cc1. The summed E-state index contributed by atoms with van der Waals surface area (Å²) in [5, 5.41) is 68.7. The number of aryl methyl sites for hydroxylation is 5. The van der Waals surface area contributed by atoms with Gasteiger partial charge in [-0.05, 0) is 144 Å². The molecule has 0 spiro atoms. The van der Waals surface area contributed by atoms with E-state index in [1.807, 2.05) is 69.3 Å². The molecule has 109 heavy (non-hydrogen) atoms. The second kappa shape index (κ2) is 43.4. The van der Waals surface area contributed by atoms with Gasteiger partial charge in [-0.3, -0.25) is 57.5 Å². The molecule has 15 N–H and O–H groups in total. The predicted molar refractivity (Wildman–Crippen MR) is 396 cm³/mol. The van der Waals surface area contributed by atoms with Crippen molar-refractivity contribution in [2.45, 2.75) is 206 Å². The van der Waals surface area contributed by atoms with Crippen molar-refractivity contribution >= 4 is 70.3 Å². The molecule has 6 rings (SSSR count). The lowest BCUT2D eigenvalue weighted by molar-refractivity contribution is -0.142. The van der Waals surface area contributed by atoms with Gasteiger partial charge in [-0.2, -0.15) is 5.21 Å². The third kappa shape index (κ3) is 28.5. The van der Waals surface area contributed by atoms with Crippen LogP contribution in [-0.2, 0) is 96.1 Å². The maximum atomic E-state index is 15.5. The number of imidazole rings is 1. The minimum Gasteiger partial charge on any atom is -0.494 e. The number of primary amides is 1. The molecule has 4 aromatic carbocycles. The van der Waals surface area contributed by atoms with Crippen LogP contribution in [0.25, 0.3) is 11.1 Å². The number of tetrazole rings is 1. The molecule has 0 aliphatic rings. The Kier molecular flexibility index (Phi) is 34.7. The van der Waals surface area contributed by atoms with E-state index in [9.17, 15) is 78.0 Å². The van der Waals surface area contributed by atoms with Crippen molar-refractivity contribution < 1.29 is 87.1 Å². The molecular formula is C78H102FN13O17. The van der Waals surface area contributed by atoms with Crippen LogP contribution in [0.3, 0.4) is 0 Å². The number of aromatic nitrogens is 6. The average Bonchev–Trinajstić information content (AvgIpc) is 0.895. The summed E-state index contributed by atoms with van der Waals surface area (Å²) in [5.74, 6) is -14.3. The molecule has 6 aromatic rings. The van der Waals surface area contributed by atoms with Gasteiger partial charge < -0.3 is 68.2 Å². The number of amides is 6. The quantitative estimate of drug-likeness (QED) is 0.0242. The van der Waals surface area contributed by atoms with E-state index in [2.05, 4.69) is 57.2 Å². The molecule has 0 fully saturated rings. The summed E-state index contributed by atoms with van der Waals surface area (Å²) in [4.78, 5) is 172. The number of benzene rings is 4. The fourth-order valence-electron chi connectivity index (χ4n) is 12.8. The van der Waals surface area contributed by atoms with Crippen molar-refractivity contribution in [1.82, 2.24) is 57.2 Å². The van der Waals surface area contributed by atoms with Crippen LogP contribution in [0.1, 0.15) is 156 Å². The largest absolute Gasteiger partial charge is 0.494 e. The van der Waals surface area contributed by atoms with Gasteiger partial charge in [0.05, 0.1) is 61.6 Å². The number of hydrogen-bond donors (Lipinski definition) is 13. The number of aliphatic carboxylic acids is 1. The van der Waals surface area contributed by atoms with E-state index in [0.717, 1.165) is 71.8 Å². The van der Waals surface area contributed by atoms with E-state index < -0.39 is 182 Å². The lowest BCUT2D eigenvalue weighted by Crippen LogP contribution is -2.55. The summed E-state index contributed by atoms with van der Waals surface area (Å²) in [7, 11) is 0. The van der Waals surface area contributed by atoms with Crippen LogP contribution in [0.2, 0.25) is 0 Å². The smallest absolute Gasteiger partial charge is 0.305 e. The Morgan fingerprint density at radius 1 is 0.661 bits per heavy atom. The third-order valence-corrected chi connectivity index (χ3v) is 18.8. The Morgan fingerprint density at radius 3 is 1.94 bits per heavy atom. The van der Waals surface area contributed by atoms with Crippen molar-refractivity contribution in [3.63, 3.8) is 0 Å². The second-order valence-corrected chi connectivity index (χ2v) is 28.0. The summed E-state index contributed by atoms with van der Waals surface area (Å²) in [6, 6.07) is 16.1. The zero-order chi connectivity index (χ0) is 79.9. The van der Waals surface area contributed by atoms with Crippen LogP contribution < -0.4 is 42.8 Å². The molecule has 588 valence electrons. The van der Waals surface area contributed by atoms with Gasteiger partial charge in [0.2, 0.25) is 35.4 Å². The maximum absolute atomic E-state index is 15.5. The molecule has 2 aromatic heterocycles. The van der Waals surface area contributed by atoms with E-state index in [1.165, 1.54) is 31.5 Å². The number of carboxylic acid groups (broad SMARTS) is 1. The maximum Gasteiger partial charge on any atom is 0.305 e. The molecule has 31 heteroatoms. The number of nitrogens with zero attached hydrogens (tertiary/aromatic N) is 4. The van der Waals surface area contributed by atoms with E-state index in [0.29, 0.717) is 50.1 Å². The molecule has 0 radical (unpaired) electrons. The van der Waals surface area contributed by atoms with Crippen LogP contribution in [0, 0.1) is 36.9 Å². The van der Waals surface area contributed by atoms with Crippen LogP contribution in [-0.4, -0.2) is 184 Å². The van der Waals surface area contributed by atoms with E-state index in [-0.39, 0.29) is 55.7 Å². The van der Waals surface area contributed by atoms with Crippen molar-refractivity contribution in [1.29, 1.82) is 0 Å². The standard InChI is InChI=1S/C78H102FN13O17/c1-7-51-35-58(109-30-11-10-29-80)24-25-59(51)52-19-17-49(18-20-52)34-54(75(106)85-61(74(81)105)16-12-13-50-32-45(2)31-46(3)33-50)36-65(98)63(39-71(103)104)86-76(107)55(43-93)37-66(99)72(47(4)94)88-77(108)78(6,40-53-14-8-9-15-60(53)79)41-67(100)73(48(5)95)87-70(102)28-26-64(97)62(38-68-89-91-92-90-68)84-69(101)27-23-57(96)22-21-56-42-82-44-83-56/h8-9,14-15,17-20,24-25,31-33,35,42,44,47-48,54-55,61-63,72-73,93-95H,7,10-13,16,21-23,26-30,34,36-41,43,80H2,1-6H3,(H2,81,105)(H,82,83)(H,84,101)(H,85,106)(H,86,107)(H,87,102)(H,88,108)(H,103,104)(H,89,90,91,92)/t47-,48-,54-,55+,61+,62+,63+,72+,73+,78-/m1/s1. The zero-order valence-corrected chi connectivity index (χ0v) is 62.4. The number of aromatic amines is 2. The first kappa shape index (κ1) is 87.3. The van der Waals surface area contributed by atoms with Gasteiger partial charge in [0.15, 0.2) is 29.0 Å². The molecule has 0 unspecified atom stereocenters. The van der Waals surface area contributed by atoms with E-state index >= 15 is 4.39 Å². The lowest BCUT2D eigenvalue weighted by atomic mass is 9.76. The minimum atomic E-state index is -2.09. The number of carbonyl (C=O) groups excluding carboxylic acids is 11. The highest BCUT2D eigenvalue weighted by molar-refractivity contribution is 6.00. The monoisotopic (exact) mass is 1510 g/mol. The summed E-state index contributed by atoms with van der Waals surface area (Å²) in [6.45, 7) is 9.33. The number of ether oxygens (including phenoxy) is 1. The summed E-state index contributed by atoms with van der Waals surface area (Å²) < 4.78 is 21.5. The highest BCUT2D eigenvalue weighted by Gasteiger charge is 2.43. The number of rotatable bonds is 50. The Balaban J connectivity index is 1.16. The highest BCUT2D eigenvalue weighted by Crippen LogP contribution is 2.32. The number of nitrogens with one attached hydrogen (secondary N) is 7. The molecule has 0 aliphatic carbocycles. The van der Waals surface area contributed by atoms with Crippen LogP contribution in [0.4, 0.5) is 4.39 Å². The molecule has 30 nitrogen and oxygen atoms in total. The number of aliphatic hydroxyl groups excluding tert-OH is 3. The summed E-state index contributed by atoms with van der Waals surface area (Å²) in [6.07, 6.45) is -2.69. The predicted octanol–water partition coefficient (Wildman–Crippen LogP) is 3.66. The topological polar surface area (TPSA) is 490 Å². The van der Waals surface area contributed by atoms with E-state index in [1.54, 1.807) is 18.3 Å². The van der Waals surface area contributed by atoms with Gasteiger partial charge >= 0.3 is 5.97 Å². The summed E-state index contributed by atoms with van der Waals surface area (Å²) in [5.41, 5.74) is 16.4. The molecule has 0 saturated carbocycles. The lowest BCUT2D eigenvalue weighted by Gasteiger charge is -2.33. The van der Waals surface area contributed by atoms with Crippen molar-refractivity contribution in [2.75, 3.05) is 19.8 Å². The fraction of sp³-hybridized carbons (Fsp3) is 0.487. The molecule has 0 bridgehead atoms. The number of nitrogens with two attached hydrogens (primary N) is 2. The molecule has 10 atom stereocenters. The van der Waals surface area contributed by atoms with Gasteiger partial charge in [0.25, 0.3) is 0 Å². The third-order valence-electron chi connectivity index (χ3n) is 18.8. The number of aliphatic hydroxyl groups is 3. The molecular weight excluding hydrogens is 1410 g/mol. The Hall–Kier alpha value is -10.6. The Labute approximate surface area is 631 Å². The first-order valence-electron chi connectivity index (χ1n) is 36.6. The number of Topliss-reactive ketones (excluding diaryl/α,β-unsaturated/α-hetero) is 5. The van der Waals surface area contributed by atoms with Crippen LogP contribution in [0.5, 0.6) is 5.75 Å². The van der Waals surface area contributed by atoms with Gasteiger partial charge in [0.1, 0.15) is 35.5 Å². The van der Waals surface area contributed by atoms with Gasteiger partial charge in [-0.1, -0.05) is 96.9 Å². The van der Waals surface area contributed by atoms with Crippen LogP contribution in [0.15, 0.2) is 97.5 Å². The number of unbranched alkanes of at least 4 members (excludes halogenated alkanes) is 1. The Bertz CT molecular complexity index is 4060. The average molecular weight is 1510 g/mol. The van der Waals surface area contributed by atoms with Gasteiger partial charge in [-0.15, -0.1) is 10.2 Å². The molecule has 0 saturated heterocycles. The highest BCUT2D eigenvalue weighted by atomic mass is 19.1. The van der Waals surface area contributed by atoms with Gasteiger partial charge in [-0.25, -0.2) is 9.37 Å². The fourth-order valence-corrected chi connectivity index (χ4v) is 12.8. The van der Waals surface area contributed by atoms with Crippen molar-refractivity contribution in [2.24, 2.45) is 28.7 Å². The summed E-state index contributed by atoms with van der Waals surface area (Å²) >= 11 is 0. The minimum absolute atomic E-state index is 0.0291. The number of halogens is 1. The number of ketones is 5. The normalized spacial score (nSPS) is 14.3. The first-order chi connectivity index (χ1) is 51.9. The van der Waals surface area contributed by atoms with Gasteiger partial charge in [0, 0.05) is 75.6 Å². The molecule has 6 amide bonds.